The molecule has 0 radical (unpaired) electrons. The Balaban J connectivity index is 3.33. The van der Waals surface area contributed by atoms with Crippen molar-refractivity contribution in [1.82, 2.24) is 4.98 Å². The Bertz CT molecular complexity index is 531. The van der Waals surface area contributed by atoms with Crippen LogP contribution in [0.15, 0.2) is 11.0 Å². The fourth-order valence-electron chi connectivity index (χ4n) is 1.26. The topological polar surface area (TPSA) is 82.9 Å². The fraction of sp³-hybridized carbons (Fsp3) is 0.300. The van der Waals surface area contributed by atoms with Crippen molar-refractivity contribution in [2.24, 2.45) is 0 Å². The van der Waals surface area contributed by atoms with E-state index in [1.54, 1.807) is 0 Å². The van der Waals surface area contributed by atoms with Gasteiger partial charge in [0.15, 0.2) is 0 Å². The highest BCUT2D eigenvalue weighted by Gasteiger charge is 2.21. The number of nitriles is 1. The first-order valence-electron chi connectivity index (χ1n) is 4.50. The first-order valence-corrected chi connectivity index (χ1v) is 4.50. The normalized spacial score (nSPS) is 10.1. The van der Waals surface area contributed by atoms with Gasteiger partial charge < -0.3 is 9.72 Å². The van der Waals surface area contributed by atoms with Gasteiger partial charge in [-0.05, 0) is 0 Å². The largest absolute Gasteiger partial charge is 0.469 e. The quantitative estimate of drug-likeness (QED) is 0.798. The van der Waals surface area contributed by atoms with Gasteiger partial charge in [0.2, 0.25) is 5.43 Å². The Hall–Kier alpha value is -2.23. The minimum absolute atomic E-state index is 0.240. The molecule has 0 unspecified atom stereocenters. The third-order valence-corrected chi connectivity index (χ3v) is 2.09. The molecule has 1 aromatic heterocycles. The maximum atomic E-state index is 12.7. The molecule has 0 saturated heterocycles. The van der Waals surface area contributed by atoms with Crippen molar-refractivity contribution in [2.75, 3.05) is 7.11 Å². The summed E-state index contributed by atoms with van der Waals surface area (Å²) in [6, 6.07) is 1.49. The van der Waals surface area contributed by atoms with Crippen LogP contribution >= 0.6 is 0 Å². The standard InChI is InChI=1S/C10H8F2N2O3/c1-17-7(15)2-6-8(10(11)12)9(16)5(3-13)4-14-6/h4,10H,2H2,1H3,(H,14,16). The van der Waals surface area contributed by atoms with Crippen LogP contribution in [0.25, 0.3) is 0 Å². The second-order valence-electron chi connectivity index (χ2n) is 3.09. The predicted octanol–water partition coefficient (Wildman–Crippen LogP) is 0.900. The lowest BCUT2D eigenvalue weighted by Gasteiger charge is -2.07. The lowest BCUT2D eigenvalue weighted by atomic mass is 10.1. The van der Waals surface area contributed by atoms with Gasteiger partial charge in [0.25, 0.3) is 6.43 Å². The zero-order valence-corrected chi connectivity index (χ0v) is 8.79. The molecule has 0 atom stereocenters. The molecule has 90 valence electrons. The molecule has 5 nitrogen and oxygen atoms in total. The molecule has 0 saturated carbocycles. The first-order chi connectivity index (χ1) is 8.01. The van der Waals surface area contributed by atoms with E-state index in [0.717, 1.165) is 13.3 Å². The fourth-order valence-corrected chi connectivity index (χ4v) is 1.26. The average Bonchev–Trinajstić information content (AvgIpc) is 2.28. The van der Waals surface area contributed by atoms with Gasteiger partial charge >= 0.3 is 5.97 Å². The summed E-state index contributed by atoms with van der Waals surface area (Å²) in [5, 5.41) is 8.54. The van der Waals surface area contributed by atoms with Crippen LogP contribution in [0.2, 0.25) is 0 Å². The van der Waals surface area contributed by atoms with Crippen LogP contribution in [0, 0.1) is 11.3 Å². The maximum Gasteiger partial charge on any atom is 0.311 e. The van der Waals surface area contributed by atoms with E-state index < -0.39 is 35.4 Å². The van der Waals surface area contributed by atoms with Crippen molar-refractivity contribution in [2.45, 2.75) is 12.8 Å². The molecule has 0 fully saturated rings. The van der Waals surface area contributed by atoms with E-state index in [-0.39, 0.29) is 5.69 Å². The Kier molecular flexibility index (Phi) is 3.93. The van der Waals surface area contributed by atoms with Gasteiger partial charge in [-0.1, -0.05) is 0 Å². The summed E-state index contributed by atoms with van der Waals surface area (Å²) in [4.78, 5) is 24.8. The Labute approximate surface area is 94.6 Å². The number of nitrogens with zero attached hydrogens (tertiary/aromatic N) is 1. The number of rotatable bonds is 3. The van der Waals surface area contributed by atoms with Gasteiger partial charge in [-0.2, -0.15) is 5.26 Å². The number of pyridine rings is 1. The number of esters is 1. The molecule has 1 rings (SSSR count). The Morgan fingerprint density at radius 1 is 1.65 bits per heavy atom. The number of hydrogen-bond acceptors (Lipinski definition) is 4. The molecule has 0 spiro atoms. The number of hydrogen-bond donors (Lipinski definition) is 1. The van der Waals surface area contributed by atoms with E-state index in [9.17, 15) is 18.4 Å². The number of carbonyl (C=O) groups excluding carboxylic acids is 1. The molecule has 7 heteroatoms. The highest BCUT2D eigenvalue weighted by atomic mass is 19.3. The van der Waals surface area contributed by atoms with Gasteiger partial charge in [0.1, 0.15) is 11.6 Å². The van der Waals surface area contributed by atoms with Crippen molar-refractivity contribution >= 4 is 5.97 Å². The Morgan fingerprint density at radius 2 is 2.29 bits per heavy atom. The molecular formula is C10H8F2N2O3. The second-order valence-corrected chi connectivity index (χ2v) is 3.09. The summed E-state index contributed by atoms with van der Waals surface area (Å²) >= 11 is 0. The van der Waals surface area contributed by atoms with Crippen LogP contribution in [-0.2, 0) is 16.0 Å². The van der Waals surface area contributed by atoms with E-state index >= 15 is 0 Å². The third-order valence-electron chi connectivity index (χ3n) is 2.09. The van der Waals surface area contributed by atoms with Crippen LogP contribution in [0.1, 0.15) is 23.2 Å². The molecule has 0 amide bonds. The lowest BCUT2D eigenvalue weighted by molar-refractivity contribution is -0.139. The van der Waals surface area contributed by atoms with E-state index in [4.69, 9.17) is 5.26 Å². The van der Waals surface area contributed by atoms with Crippen LogP contribution in [-0.4, -0.2) is 18.1 Å². The molecular weight excluding hydrogens is 234 g/mol. The SMILES string of the molecule is COC(=O)Cc1[nH]cc(C#N)c(=O)c1C(F)F. The number of nitrogens with one attached hydrogen (secondary N) is 1. The van der Waals surface area contributed by atoms with Gasteiger partial charge in [-0.25, -0.2) is 8.78 Å². The number of H-pyrrole nitrogens is 1. The third kappa shape index (κ3) is 2.66. The molecule has 0 aliphatic heterocycles. The molecule has 0 aliphatic carbocycles. The number of carbonyl (C=O) groups is 1. The van der Waals surface area contributed by atoms with Crippen LogP contribution in [0.3, 0.4) is 0 Å². The maximum absolute atomic E-state index is 12.7. The van der Waals surface area contributed by atoms with Crippen LogP contribution in [0.5, 0.6) is 0 Å². The number of halogens is 2. The number of ether oxygens (including phenoxy) is 1. The summed E-state index contributed by atoms with van der Waals surface area (Å²) in [6.07, 6.45) is -2.55. The lowest BCUT2D eigenvalue weighted by Crippen LogP contribution is -2.20. The van der Waals surface area contributed by atoms with Crippen LogP contribution < -0.4 is 5.43 Å². The Morgan fingerprint density at radius 3 is 2.76 bits per heavy atom. The molecule has 1 aromatic rings. The summed E-state index contributed by atoms with van der Waals surface area (Å²) in [6.45, 7) is 0. The van der Waals surface area contributed by atoms with E-state index in [2.05, 4.69) is 9.72 Å². The van der Waals surface area contributed by atoms with E-state index in [1.165, 1.54) is 6.07 Å². The molecule has 0 bridgehead atoms. The summed E-state index contributed by atoms with van der Waals surface area (Å²) in [5.41, 5.74) is -2.60. The summed E-state index contributed by atoms with van der Waals surface area (Å²) in [7, 11) is 1.10. The second kappa shape index (κ2) is 5.21. The predicted molar refractivity (Wildman–Crippen MR) is 52.5 cm³/mol. The molecule has 1 heterocycles. The van der Waals surface area contributed by atoms with Crippen LogP contribution in [0.4, 0.5) is 8.78 Å². The number of aromatic amines is 1. The van der Waals surface area contributed by atoms with Crippen molar-refractivity contribution in [3.05, 3.63) is 33.2 Å². The van der Waals surface area contributed by atoms with E-state index in [1.807, 2.05) is 0 Å². The molecule has 0 aliphatic rings. The minimum Gasteiger partial charge on any atom is -0.469 e. The number of methoxy groups -OCH3 is 1. The van der Waals surface area contributed by atoms with Gasteiger partial charge in [-0.15, -0.1) is 0 Å². The first kappa shape index (κ1) is 12.8. The zero-order chi connectivity index (χ0) is 13.0. The smallest absolute Gasteiger partial charge is 0.311 e. The monoisotopic (exact) mass is 242 g/mol. The highest BCUT2D eigenvalue weighted by molar-refractivity contribution is 5.72. The summed E-state index contributed by atoms with van der Waals surface area (Å²) in [5.74, 6) is -0.757. The van der Waals surface area contributed by atoms with Gasteiger partial charge in [0, 0.05) is 11.9 Å². The zero-order valence-electron chi connectivity index (χ0n) is 8.79. The minimum atomic E-state index is -3.06. The van der Waals surface area contributed by atoms with Crippen molar-refractivity contribution in [1.29, 1.82) is 5.26 Å². The summed E-state index contributed by atoms with van der Waals surface area (Å²) < 4.78 is 29.7. The highest BCUT2D eigenvalue weighted by Crippen LogP contribution is 2.19. The molecule has 1 N–H and O–H groups in total. The van der Waals surface area contributed by atoms with Gasteiger partial charge in [0.05, 0.1) is 19.1 Å². The number of aromatic nitrogens is 1. The molecule has 0 aromatic carbocycles. The van der Waals surface area contributed by atoms with Crippen molar-refractivity contribution < 1.29 is 18.3 Å². The average molecular weight is 242 g/mol. The number of alkyl halides is 2. The van der Waals surface area contributed by atoms with Crippen molar-refractivity contribution in [3.63, 3.8) is 0 Å². The molecule has 17 heavy (non-hydrogen) atoms. The van der Waals surface area contributed by atoms with Gasteiger partial charge in [-0.3, -0.25) is 9.59 Å². The van der Waals surface area contributed by atoms with Crippen molar-refractivity contribution in [3.8, 4) is 6.07 Å². The van der Waals surface area contributed by atoms with E-state index in [0.29, 0.717) is 0 Å².